The van der Waals surface area contributed by atoms with Gasteiger partial charge in [-0.2, -0.15) is 0 Å². The Morgan fingerprint density at radius 1 is 1.33 bits per heavy atom. The van der Waals surface area contributed by atoms with E-state index in [0.717, 1.165) is 31.6 Å². The van der Waals surface area contributed by atoms with Crippen molar-refractivity contribution >= 4 is 5.69 Å². The normalized spacial score (nSPS) is 18.7. The van der Waals surface area contributed by atoms with Crippen LogP contribution in [0.15, 0.2) is 24.3 Å². The summed E-state index contributed by atoms with van der Waals surface area (Å²) >= 11 is 0. The second kappa shape index (κ2) is 6.73. The molecule has 0 saturated carbocycles. The minimum atomic E-state index is -0.647. The lowest BCUT2D eigenvalue weighted by molar-refractivity contribution is -0.00948. The van der Waals surface area contributed by atoms with Crippen LogP contribution in [0.4, 0.5) is 5.69 Å². The fourth-order valence-electron chi connectivity index (χ4n) is 2.16. The van der Waals surface area contributed by atoms with Gasteiger partial charge >= 0.3 is 0 Å². The number of para-hydroxylation sites is 1. The van der Waals surface area contributed by atoms with Gasteiger partial charge in [0.05, 0.1) is 6.61 Å². The fraction of sp³-hybridized carbons (Fsp3) is 0.571. The van der Waals surface area contributed by atoms with Crippen molar-refractivity contribution in [2.24, 2.45) is 5.92 Å². The van der Waals surface area contributed by atoms with Crippen LogP contribution in [-0.2, 0) is 9.47 Å². The average molecular weight is 251 g/mol. The molecule has 0 aromatic heterocycles. The summed E-state index contributed by atoms with van der Waals surface area (Å²) in [6, 6.07) is 7.34. The Bertz CT molecular complexity index is 364. The van der Waals surface area contributed by atoms with E-state index in [1.165, 1.54) is 0 Å². The molecule has 1 fully saturated rings. The summed E-state index contributed by atoms with van der Waals surface area (Å²) < 4.78 is 10.9. The maximum atomic E-state index is 10.0. The van der Waals surface area contributed by atoms with Crippen LogP contribution in [-0.4, -0.2) is 31.5 Å². The van der Waals surface area contributed by atoms with Crippen molar-refractivity contribution < 1.29 is 14.6 Å². The van der Waals surface area contributed by atoms with Crippen molar-refractivity contribution in [3.63, 3.8) is 0 Å². The Labute approximate surface area is 108 Å². The molecule has 1 heterocycles. The largest absolute Gasteiger partial charge is 0.398 e. The summed E-state index contributed by atoms with van der Waals surface area (Å²) in [5.41, 5.74) is 7.15. The molecule has 18 heavy (non-hydrogen) atoms. The number of nitrogen functional groups attached to an aromatic ring is 1. The zero-order valence-corrected chi connectivity index (χ0v) is 10.5. The van der Waals surface area contributed by atoms with Crippen LogP contribution >= 0.6 is 0 Å². The Balaban J connectivity index is 1.74. The second-order valence-corrected chi connectivity index (χ2v) is 4.74. The number of benzene rings is 1. The maximum Gasteiger partial charge on any atom is 0.104 e. The summed E-state index contributed by atoms with van der Waals surface area (Å²) in [7, 11) is 0. The van der Waals surface area contributed by atoms with E-state index >= 15 is 0 Å². The van der Waals surface area contributed by atoms with Gasteiger partial charge in [-0.25, -0.2) is 0 Å². The van der Waals surface area contributed by atoms with Gasteiger partial charge in [-0.3, -0.25) is 0 Å². The van der Waals surface area contributed by atoms with Crippen LogP contribution in [0.5, 0.6) is 0 Å². The zero-order valence-electron chi connectivity index (χ0n) is 10.5. The Morgan fingerprint density at radius 2 is 2.06 bits per heavy atom. The summed E-state index contributed by atoms with van der Waals surface area (Å²) in [4.78, 5) is 0. The first kappa shape index (κ1) is 13.3. The number of rotatable bonds is 5. The molecule has 0 bridgehead atoms. The second-order valence-electron chi connectivity index (χ2n) is 4.74. The number of hydrogen-bond donors (Lipinski definition) is 2. The summed E-state index contributed by atoms with van der Waals surface area (Å²) in [6.45, 7) is 2.63. The van der Waals surface area contributed by atoms with E-state index in [-0.39, 0.29) is 0 Å². The number of aliphatic hydroxyl groups excluding tert-OH is 1. The molecule has 3 N–H and O–H groups in total. The highest BCUT2D eigenvalue weighted by Gasteiger charge is 2.15. The number of ether oxygens (including phenoxy) is 2. The summed E-state index contributed by atoms with van der Waals surface area (Å²) in [5.74, 6) is 0.555. The van der Waals surface area contributed by atoms with Crippen LogP contribution in [0.25, 0.3) is 0 Å². The highest BCUT2D eigenvalue weighted by Crippen LogP contribution is 2.21. The molecule has 1 unspecified atom stereocenters. The van der Waals surface area contributed by atoms with Gasteiger partial charge in [-0.05, 0) is 24.8 Å². The van der Waals surface area contributed by atoms with E-state index in [2.05, 4.69) is 0 Å². The van der Waals surface area contributed by atoms with Gasteiger partial charge in [-0.15, -0.1) is 0 Å². The van der Waals surface area contributed by atoms with Crippen LogP contribution in [0.1, 0.15) is 24.5 Å². The molecule has 1 aromatic rings. The van der Waals surface area contributed by atoms with Gasteiger partial charge in [0, 0.05) is 31.1 Å². The smallest absolute Gasteiger partial charge is 0.104 e. The quantitative estimate of drug-likeness (QED) is 0.782. The topological polar surface area (TPSA) is 64.7 Å². The van der Waals surface area contributed by atoms with E-state index in [0.29, 0.717) is 24.8 Å². The molecule has 1 aliphatic rings. The molecular weight excluding hydrogens is 230 g/mol. The molecule has 1 aromatic carbocycles. The fourth-order valence-corrected chi connectivity index (χ4v) is 2.16. The van der Waals surface area contributed by atoms with Gasteiger partial charge in [0.2, 0.25) is 0 Å². The predicted octanol–water partition coefficient (Wildman–Crippen LogP) is 1.75. The molecule has 0 radical (unpaired) electrons. The molecule has 2 rings (SSSR count). The van der Waals surface area contributed by atoms with Crippen molar-refractivity contribution in [2.45, 2.75) is 18.9 Å². The lowest BCUT2D eigenvalue weighted by atomic mass is 10.0. The molecule has 1 saturated heterocycles. The highest BCUT2D eigenvalue weighted by atomic mass is 16.5. The minimum Gasteiger partial charge on any atom is -0.398 e. The third-order valence-electron chi connectivity index (χ3n) is 3.33. The third kappa shape index (κ3) is 3.70. The SMILES string of the molecule is Nc1ccccc1C(O)COCC1CCOCC1. The van der Waals surface area contributed by atoms with Crippen LogP contribution in [0.3, 0.4) is 0 Å². The van der Waals surface area contributed by atoms with Crippen LogP contribution in [0, 0.1) is 5.92 Å². The Morgan fingerprint density at radius 3 is 2.78 bits per heavy atom. The van der Waals surface area contributed by atoms with Gasteiger partial charge in [-0.1, -0.05) is 18.2 Å². The number of aliphatic hydroxyl groups is 1. The maximum absolute atomic E-state index is 10.0. The van der Waals surface area contributed by atoms with E-state index in [1.807, 2.05) is 18.2 Å². The highest BCUT2D eigenvalue weighted by molar-refractivity contribution is 5.47. The van der Waals surface area contributed by atoms with E-state index in [1.54, 1.807) is 6.07 Å². The van der Waals surface area contributed by atoms with Crippen LogP contribution < -0.4 is 5.73 Å². The zero-order chi connectivity index (χ0) is 12.8. The molecular formula is C14H21NO3. The van der Waals surface area contributed by atoms with Crippen molar-refractivity contribution in [3.05, 3.63) is 29.8 Å². The van der Waals surface area contributed by atoms with Gasteiger partial charge < -0.3 is 20.3 Å². The predicted molar refractivity (Wildman–Crippen MR) is 70.2 cm³/mol. The molecule has 4 heteroatoms. The Hall–Kier alpha value is -1.10. The minimum absolute atomic E-state index is 0.297. The molecule has 100 valence electrons. The van der Waals surface area contributed by atoms with E-state index in [9.17, 15) is 5.11 Å². The first-order chi connectivity index (χ1) is 8.77. The first-order valence-electron chi connectivity index (χ1n) is 6.45. The molecule has 4 nitrogen and oxygen atoms in total. The van der Waals surface area contributed by atoms with Crippen molar-refractivity contribution in [1.29, 1.82) is 0 Å². The average Bonchev–Trinajstić information content (AvgIpc) is 2.40. The summed E-state index contributed by atoms with van der Waals surface area (Å²) in [5, 5.41) is 10.0. The number of nitrogens with two attached hydrogens (primary N) is 1. The molecule has 1 atom stereocenters. The number of hydrogen-bond acceptors (Lipinski definition) is 4. The van der Waals surface area contributed by atoms with Gasteiger partial charge in [0.25, 0.3) is 0 Å². The lowest BCUT2D eigenvalue weighted by Gasteiger charge is -2.22. The standard InChI is InChI=1S/C14H21NO3/c15-13-4-2-1-3-12(13)14(16)10-18-9-11-5-7-17-8-6-11/h1-4,11,14,16H,5-10,15H2. The van der Waals surface area contributed by atoms with E-state index in [4.69, 9.17) is 15.2 Å². The molecule has 0 spiro atoms. The van der Waals surface area contributed by atoms with Crippen molar-refractivity contribution in [2.75, 3.05) is 32.2 Å². The van der Waals surface area contributed by atoms with Crippen molar-refractivity contribution in [3.8, 4) is 0 Å². The first-order valence-corrected chi connectivity index (χ1v) is 6.45. The Kier molecular flexibility index (Phi) is 4.99. The monoisotopic (exact) mass is 251 g/mol. The molecule has 0 aliphatic carbocycles. The van der Waals surface area contributed by atoms with E-state index < -0.39 is 6.10 Å². The number of anilines is 1. The molecule has 1 aliphatic heterocycles. The van der Waals surface area contributed by atoms with Crippen LogP contribution in [0.2, 0.25) is 0 Å². The molecule has 0 amide bonds. The summed E-state index contributed by atoms with van der Waals surface area (Å²) in [6.07, 6.45) is 1.44. The van der Waals surface area contributed by atoms with Gasteiger partial charge in [0.1, 0.15) is 6.10 Å². The van der Waals surface area contributed by atoms with Crippen molar-refractivity contribution in [1.82, 2.24) is 0 Å². The van der Waals surface area contributed by atoms with Gasteiger partial charge in [0.15, 0.2) is 0 Å². The lowest BCUT2D eigenvalue weighted by Crippen LogP contribution is -2.21. The third-order valence-corrected chi connectivity index (χ3v) is 3.33.